The van der Waals surface area contributed by atoms with Crippen molar-refractivity contribution in [1.82, 2.24) is 0 Å². The third-order valence-corrected chi connectivity index (χ3v) is 4.40. The number of hydrogen-bond donors (Lipinski definition) is 1. The van der Waals surface area contributed by atoms with Crippen molar-refractivity contribution < 1.29 is 14.6 Å². The van der Waals surface area contributed by atoms with Crippen molar-refractivity contribution in [2.24, 2.45) is 11.8 Å². The molecule has 1 saturated carbocycles. The van der Waals surface area contributed by atoms with Gasteiger partial charge in [0.15, 0.2) is 0 Å². The Morgan fingerprint density at radius 2 is 2.05 bits per heavy atom. The molecule has 0 heterocycles. The minimum Gasteiger partial charge on any atom is -0.490 e. The Bertz CT molecular complexity index is 452. The summed E-state index contributed by atoms with van der Waals surface area (Å²) in [4.78, 5) is 10.6. The highest BCUT2D eigenvalue weighted by Crippen LogP contribution is 2.40. The first-order valence-corrected chi connectivity index (χ1v) is 8.07. The van der Waals surface area contributed by atoms with Crippen molar-refractivity contribution in [2.75, 3.05) is 0 Å². The lowest BCUT2D eigenvalue weighted by molar-refractivity contribution is -0.137. The van der Waals surface area contributed by atoms with E-state index in [2.05, 4.69) is 38.1 Å². The van der Waals surface area contributed by atoms with Gasteiger partial charge in [-0.15, -0.1) is 0 Å². The molecule has 3 heteroatoms. The molecule has 0 bridgehead atoms. The maximum atomic E-state index is 10.6. The molecule has 1 aromatic carbocycles. The zero-order valence-electron chi connectivity index (χ0n) is 13.0. The standard InChI is InChI=1S/C18H26O3/c1-3-5-14-8-10-16(11-9-14)21-18-13(2)12-15(18)6-4-7-17(19)20/h8-11,13,15,18H,3-7,12H2,1-2H3,(H,19,20). The van der Waals surface area contributed by atoms with Crippen molar-refractivity contribution in [1.29, 1.82) is 0 Å². The molecule has 1 aromatic rings. The topological polar surface area (TPSA) is 46.5 Å². The smallest absolute Gasteiger partial charge is 0.303 e. The molecule has 0 amide bonds. The van der Waals surface area contributed by atoms with Gasteiger partial charge in [-0.3, -0.25) is 4.79 Å². The summed E-state index contributed by atoms with van der Waals surface area (Å²) in [6.45, 7) is 4.39. The van der Waals surface area contributed by atoms with Crippen molar-refractivity contribution in [3.05, 3.63) is 29.8 Å². The summed E-state index contributed by atoms with van der Waals surface area (Å²) in [5, 5.41) is 8.71. The lowest BCUT2D eigenvalue weighted by Gasteiger charge is -2.43. The molecule has 0 aromatic heterocycles. The van der Waals surface area contributed by atoms with Crippen LogP contribution in [0.4, 0.5) is 0 Å². The molecule has 21 heavy (non-hydrogen) atoms. The summed E-state index contributed by atoms with van der Waals surface area (Å²) in [5.41, 5.74) is 1.35. The third-order valence-electron chi connectivity index (χ3n) is 4.40. The van der Waals surface area contributed by atoms with Crippen LogP contribution in [0.25, 0.3) is 0 Å². The quantitative estimate of drug-likeness (QED) is 0.776. The molecule has 0 saturated heterocycles. The molecule has 3 nitrogen and oxygen atoms in total. The van der Waals surface area contributed by atoms with Gasteiger partial charge in [0.05, 0.1) is 0 Å². The molecule has 116 valence electrons. The number of rotatable bonds is 8. The molecule has 0 aliphatic heterocycles. The number of carbonyl (C=O) groups is 1. The summed E-state index contributed by atoms with van der Waals surface area (Å²) in [6.07, 6.45) is 5.64. The minimum atomic E-state index is -0.702. The summed E-state index contributed by atoms with van der Waals surface area (Å²) in [5.74, 6) is 1.31. The van der Waals surface area contributed by atoms with Crippen molar-refractivity contribution in [3.63, 3.8) is 0 Å². The first kappa shape index (κ1) is 15.9. The van der Waals surface area contributed by atoms with Crippen LogP contribution in [0.1, 0.15) is 51.5 Å². The van der Waals surface area contributed by atoms with Gasteiger partial charge >= 0.3 is 5.97 Å². The predicted octanol–water partition coefficient (Wildman–Crippen LogP) is 4.30. The number of carboxylic acids is 1. The fourth-order valence-corrected chi connectivity index (χ4v) is 3.21. The second kappa shape index (κ2) is 7.48. The molecule has 0 radical (unpaired) electrons. The van der Waals surface area contributed by atoms with Crippen LogP contribution in [0.2, 0.25) is 0 Å². The van der Waals surface area contributed by atoms with Crippen LogP contribution < -0.4 is 4.74 Å². The van der Waals surface area contributed by atoms with E-state index in [0.717, 1.165) is 37.9 Å². The highest BCUT2D eigenvalue weighted by atomic mass is 16.5. The highest BCUT2D eigenvalue weighted by molar-refractivity contribution is 5.66. The molecule has 1 aliphatic rings. The van der Waals surface area contributed by atoms with Gasteiger partial charge in [-0.25, -0.2) is 0 Å². The molecule has 1 aliphatic carbocycles. The summed E-state index contributed by atoms with van der Waals surface area (Å²) in [7, 11) is 0. The van der Waals surface area contributed by atoms with E-state index in [1.165, 1.54) is 5.56 Å². The van der Waals surface area contributed by atoms with Crippen molar-refractivity contribution in [3.8, 4) is 5.75 Å². The molecule has 0 spiro atoms. The van der Waals surface area contributed by atoms with E-state index < -0.39 is 5.97 Å². The number of carboxylic acid groups (broad SMARTS) is 1. The van der Waals surface area contributed by atoms with Gasteiger partial charge in [0.1, 0.15) is 11.9 Å². The monoisotopic (exact) mass is 290 g/mol. The second-order valence-electron chi connectivity index (χ2n) is 6.24. The van der Waals surface area contributed by atoms with Gasteiger partial charge in [0.25, 0.3) is 0 Å². The SMILES string of the molecule is CCCc1ccc(OC2C(C)CC2CCCC(=O)O)cc1. The van der Waals surface area contributed by atoms with Crippen molar-refractivity contribution in [2.45, 2.75) is 58.5 Å². The van der Waals surface area contributed by atoms with Gasteiger partial charge in [-0.2, -0.15) is 0 Å². The minimum absolute atomic E-state index is 0.246. The molecule has 3 atom stereocenters. The first-order chi connectivity index (χ1) is 10.1. The van der Waals surface area contributed by atoms with E-state index in [0.29, 0.717) is 11.8 Å². The van der Waals surface area contributed by atoms with Gasteiger partial charge in [0, 0.05) is 6.42 Å². The van der Waals surface area contributed by atoms with E-state index in [9.17, 15) is 4.79 Å². The van der Waals surface area contributed by atoms with Gasteiger partial charge in [0.2, 0.25) is 0 Å². The van der Waals surface area contributed by atoms with Crippen LogP contribution in [-0.2, 0) is 11.2 Å². The van der Waals surface area contributed by atoms with Crippen LogP contribution in [0.3, 0.4) is 0 Å². The average Bonchev–Trinajstić information content (AvgIpc) is 2.45. The fourth-order valence-electron chi connectivity index (χ4n) is 3.21. The Labute approximate surface area is 127 Å². The Morgan fingerprint density at radius 3 is 2.62 bits per heavy atom. The summed E-state index contributed by atoms with van der Waals surface area (Å²) < 4.78 is 6.12. The van der Waals surface area contributed by atoms with E-state index in [1.807, 2.05) is 0 Å². The normalized spacial score (nSPS) is 24.4. The Hall–Kier alpha value is -1.51. The highest BCUT2D eigenvalue weighted by Gasteiger charge is 2.39. The fraction of sp³-hybridized carbons (Fsp3) is 0.611. The van der Waals surface area contributed by atoms with Crippen LogP contribution in [0.15, 0.2) is 24.3 Å². The number of aryl methyl sites for hydroxylation is 1. The molecule has 2 rings (SSSR count). The molecule has 1 N–H and O–H groups in total. The maximum absolute atomic E-state index is 10.6. The Balaban J connectivity index is 1.83. The summed E-state index contributed by atoms with van der Waals surface area (Å²) in [6, 6.07) is 8.40. The lowest BCUT2D eigenvalue weighted by Crippen LogP contribution is -2.44. The molecular weight excluding hydrogens is 264 g/mol. The van der Waals surface area contributed by atoms with Gasteiger partial charge < -0.3 is 9.84 Å². The van der Waals surface area contributed by atoms with E-state index in [4.69, 9.17) is 9.84 Å². The van der Waals surface area contributed by atoms with Crippen LogP contribution in [0.5, 0.6) is 5.75 Å². The molecule has 3 unspecified atom stereocenters. The number of ether oxygens (including phenoxy) is 1. The third kappa shape index (κ3) is 4.48. The largest absolute Gasteiger partial charge is 0.490 e. The van der Waals surface area contributed by atoms with E-state index in [-0.39, 0.29) is 12.5 Å². The zero-order chi connectivity index (χ0) is 15.2. The number of hydrogen-bond acceptors (Lipinski definition) is 2. The predicted molar refractivity (Wildman–Crippen MR) is 83.6 cm³/mol. The van der Waals surface area contributed by atoms with Crippen molar-refractivity contribution >= 4 is 5.97 Å². The zero-order valence-corrected chi connectivity index (χ0v) is 13.0. The lowest BCUT2D eigenvalue weighted by atomic mass is 9.70. The molecule has 1 fully saturated rings. The second-order valence-corrected chi connectivity index (χ2v) is 6.24. The molecular formula is C18H26O3. The number of benzene rings is 1. The first-order valence-electron chi connectivity index (χ1n) is 8.07. The average molecular weight is 290 g/mol. The Kier molecular flexibility index (Phi) is 5.66. The van der Waals surface area contributed by atoms with Crippen LogP contribution >= 0.6 is 0 Å². The maximum Gasteiger partial charge on any atom is 0.303 e. The van der Waals surface area contributed by atoms with Gasteiger partial charge in [-0.1, -0.05) is 32.4 Å². The number of aliphatic carboxylic acids is 1. The summed E-state index contributed by atoms with van der Waals surface area (Å²) >= 11 is 0. The van der Waals surface area contributed by atoms with E-state index >= 15 is 0 Å². The van der Waals surface area contributed by atoms with Crippen LogP contribution in [-0.4, -0.2) is 17.2 Å². The van der Waals surface area contributed by atoms with Gasteiger partial charge in [-0.05, 0) is 55.2 Å². The van der Waals surface area contributed by atoms with Crippen LogP contribution in [0, 0.1) is 11.8 Å². The Morgan fingerprint density at radius 1 is 1.33 bits per heavy atom. The van der Waals surface area contributed by atoms with E-state index in [1.54, 1.807) is 0 Å².